The molecular weight excluding hydrogens is 371 g/mol. The Labute approximate surface area is 169 Å². The number of rotatable bonds is 3. The molecule has 4 heterocycles. The molecule has 1 saturated carbocycles. The lowest BCUT2D eigenvalue weighted by Gasteiger charge is -2.09. The topological polar surface area (TPSA) is 90.4 Å². The van der Waals surface area contributed by atoms with Crippen molar-refractivity contribution in [2.24, 2.45) is 5.92 Å². The molecule has 2 unspecified atom stereocenters. The summed E-state index contributed by atoms with van der Waals surface area (Å²) in [5.74, 6) is 2.07. The molecule has 3 aromatic heterocycles. The summed E-state index contributed by atoms with van der Waals surface area (Å²) in [5, 5.41) is 7.69. The second-order valence-corrected chi connectivity index (χ2v) is 7.84. The fraction of sp³-hybridized carbons (Fsp3) is 0.476. The molecule has 0 spiro atoms. The summed E-state index contributed by atoms with van der Waals surface area (Å²) < 4.78 is 19.5. The number of hydrogen-bond donors (Lipinski definition) is 2. The molecule has 7 nitrogen and oxygen atoms in total. The summed E-state index contributed by atoms with van der Waals surface area (Å²) in [4.78, 5) is 8.86. The quantitative estimate of drug-likeness (QED) is 0.704. The van der Waals surface area contributed by atoms with Crippen LogP contribution in [0.5, 0.6) is 5.75 Å². The van der Waals surface area contributed by atoms with Crippen molar-refractivity contribution in [2.45, 2.75) is 38.8 Å². The molecular formula is C21H27FN6O. The summed E-state index contributed by atoms with van der Waals surface area (Å²) in [7, 11) is 1.67. The third-order valence-electron chi connectivity index (χ3n) is 5.49. The largest absolute Gasteiger partial charge is 0.495 e. The SMILES string of the molecule is CC1CNCC1F.COc1cc2ncc(-c3ccc(C)c(N)n3)n2nc1C1CC1. The van der Waals surface area contributed by atoms with E-state index in [1.807, 2.05) is 36.6 Å². The minimum Gasteiger partial charge on any atom is -0.495 e. The van der Waals surface area contributed by atoms with Gasteiger partial charge >= 0.3 is 0 Å². The van der Waals surface area contributed by atoms with E-state index in [9.17, 15) is 4.39 Å². The fourth-order valence-corrected chi connectivity index (χ4v) is 3.35. The van der Waals surface area contributed by atoms with Crippen LogP contribution in [0.3, 0.4) is 0 Å². The number of nitrogens with two attached hydrogens (primary N) is 1. The zero-order valence-electron chi connectivity index (χ0n) is 17.0. The highest BCUT2D eigenvalue weighted by Crippen LogP contribution is 2.43. The Balaban J connectivity index is 0.000000249. The number of imidazole rings is 1. The molecule has 3 aromatic rings. The van der Waals surface area contributed by atoms with E-state index in [-0.39, 0.29) is 5.92 Å². The average molecular weight is 398 g/mol. The second kappa shape index (κ2) is 7.94. The fourth-order valence-electron chi connectivity index (χ4n) is 3.35. The van der Waals surface area contributed by atoms with Gasteiger partial charge in [-0.05, 0) is 31.4 Å². The van der Waals surface area contributed by atoms with Crippen LogP contribution in [0.4, 0.5) is 10.2 Å². The van der Waals surface area contributed by atoms with E-state index in [2.05, 4.69) is 15.3 Å². The number of fused-ring (bicyclic) bond motifs is 1. The number of aromatic nitrogens is 4. The summed E-state index contributed by atoms with van der Waals surface area (Å²) in [6.45, 7) is 5.27. The first-order valence-corrected chi connectivity index (χ1v) is 9.99. The molecule has 0 amide bonds. The van der Waals surface area contributed by atoms with E-state index in [4.69, 9.17) is 15.6 Å². The monoisotopic (exact) mass is 398 g/mol. The number of pyridine rings is 1. The van der Waals surface area contributed by atoms with Gasteiger partial charge < -0.3 is 15.8 Å². The molecule has 0 radical (unpaired) electrons. The molecule has 2 fully saturated rings. The van der Waals surface area contributed by atoms with Gasteiger partial charge in [0.25, 0.3) is 0 Å². The van der Waals surface area contributed by atoms with Crippen LogP contribution in [0, 0.1) is 12.8 Å². The van der Waals surface area contributed by atoms with Gasteiger partial charge in [0.05, 0.1) is 19.0 Å². The number of anilines is 1. The lowest BCUT2D eigenvalue weighted by atomic mass is 10.1. The molecule has 154 valence electrons. The zero-order valence-corrected chi connectivity index (χ0v) is 17.0. The predicted octanol–water partition coefficient (Wildman–Crippen LogP) is 3.13. The van der Waals surface area contributed by atoms with Gasteiger partial charge in [-0.1, -0.05) is 13.0 Å². The van der Waals surface area contributed by atoms with Gasteiger partial charge in [-0.15, -0.1) is 0 Å². The Morgan fingerprint density at radius 3 is 2.62 bits per heavy atom. The Morgan fingerprint density at radius 1 is 1.28 bits per heavy atom. The van der Waals surface area contributed by atoms with Crippen LogP contribution in [-0.2, 0) is 0 Å². The highest BCUT2D eigenvalue weighted by Gasteiger charge is 2.29. The maximum atomic E-state index is 12.3. The zero-order chi connectivity index (χ0) is 20.5. The van der Waals surface area contributed by atoms with E-state index in [1.165, 1.54) is 0 Å². The van der Waals surface area contributed by atoms with E-state index in [1.54, 1.807) is 13.3 Å². The maximum Gasteiger partial charge on any atom is 0.157 e. The summed E-state index contributed by atoms with van der Waals surface area (Å²) in [5.41, 5.74) is 10.2. The van der Waals surface area contributed by atoms with E-state index in [0.29, 0.717) is 18.3 Å². The van der Waals surface area contributed by atoms with Gasteiger partial charge in [-0.25, -0.2) is 18.9 Å². The normalized spacial score (nSPS) is 21.1. The number of halogens is 1. The summed E-state index contributed by atoms with van der Waals surface area (Å²) in [6.07, 6.45) is 3.50. The van der Waals surface area contributed by atoms with Crippen molar-refractivity contribution in [3.05, 3.63) is 35.7 Å². The molecule has 0 bridgehead atoms. The first-order chi connectivity index (χ1) is 14.0. The Bertz CT molecular complexity index is 1010. The number of ether oxygens (including phenoxy) is 1. The van der Waals surface area contributed by atoms with Gasteiger partial charge in [-0.2, -0.15) is 5.10 Å². The molecule has 29 heavy (non-hydrogen) atoms. The van der Waals surface area contributed by atoms with Crippen molar-refractivity contribution in [2.75, 3.05) is 25.9 Å². The molecule has 2 aliphatic rings. The van der Waals surface area contributed by atoms with Gasteiger partial charge in [-0.3, -0.25) is 0 Å². The number of alkyl halides is 1. The van der Waals surface area contributed by atoms with Crippen LogP contribution < -0.4 is 15.8 Å². The van der Waals surface area contributed by atoms with Gasteiger partial charge in [0, 0.05) is 31.0 Å². The van der Waals surface area contributed by atoms with Crippen LogP contribution in [0.25, 0.3) is 17.0 Å². The number of nitrogens with zero attached hydrogens (tertiary/aromatic N) is 4. The molecule has 1 saturated heterocycles. The maximum absolute atomic E-state index is 12.3. The summed E-state index contributed by atoms with van der Waals surface area (Å²) in [6, 6.07) is 5.84. The van der Waals surface area contributed by atoms with Crippen LogP contribution in [0.1, 0.15) is 36.9 Å². The van der Waals surface area contributed by atoms with Crippen LogP contribution >= 0.6 is 0 Å². The van der Waals surface area contributed by atoms with Crippen molar-refractivity contribution in [3.8, 4) is 17.1 Å². The third kappa shape index (κ3) is 4.03. The number of methoxy groups -OCH3 is 1. The van der Waals surface area contributed by atoms with Gasteiger partial charge in [0.1, 0.15) is 29.1 Å². The minimum atomic E-state index is -0.597. The number of nitrogen functional groups attached to an aromatic ring is 1. The van der Waals surface area contributed by atoms with Crippen LogP contribution in [0.15, 0.2) is 24.4 Å². The molecule has 0 aromatic carbocycles. The van der Waals surface area contributed by atoms with Crippen molar-refractivity contribution in [1.82, 2.24) is 24.9 Å². The van der Waals surface area contributed by atoms with E-state index < -0.39 is 6.17 Å². The van der Waals surface area contributed by atoms with Gasteiger partial charge in [0.2, 0.25) is 0 Å². The Kier molecular flexibility index (Phi) is 5.36. The first kappa shape index (κ1) is 19.6. The molecule has 1 aliphatic carbocycles. The molecule has 2 atom stereocenters. The first-order valence-electron chi connectivity index (χ1n) is 9.99. The molecule has 1 aliphatic heterocycles. The lowest BCUT2D eigenvalue weighted by molar-refractivity contribution is 0.298. The minimum absolute atomic E-state index is 0.236. The van der Waals surface area contributed by atoms with Crippen molar-refractivity contribution in [1.29, 1.82) is 0 Å². The standard InChI is InChI=1S/C16H17N5O.C5H10FN/c1-9-3-6-11(19-16(9)17)12-8-18-14-7-13(22-2)15(10-4-5-10)20-21(12)14;1-4-2-7-3-5(4)6/h3,6-8,10H,4-5H2,1-2H3,(H2,17,19);4-5,7H,2-3H2,1H3. The predicted molar refractivity (Wildman–Crippen MR) is 111 cm³/mol. The molecule has 3 N–H and O–H groups in total. The Morgan fingerprint density at radius 2 is 2.07 bits per heavy atom. The number of aryl methyl sites for hydroxylation is 1. The number of nitrogens with one attached hydrogen (secondary N) is 1. The Hall–Kier alpha value is -2.74. The van der Waals surface area contributed by atoms with Crippen molar-refractivity contribution in [3.63, 3.8) is 0 Å². The highest BCUT2D eigenvalue weighted by atomic mass is 19.1. The van der Waals surface area contributed by atoms with E-state index >= 15 is 0 Å². The van der Waals surface area contributed by atoms with Crippen LogP contribution in [-0.4, -0.2) is 46.0 Å². The van der Waals surface area contributed by atoms with Gasteiger partial charge in [0.15, 0.2) is 5.65 Å². The smallest absolute Gasteiger partial charge is 0.157 e. The van der Waals surface area contributed by atoms with Crippen LogP contribution in [0.2, 0.25) is 0 Å². The average Bonchev–Trinajstić information content (AvgIpc) is 3.38. The molecule has 8 heteroatoms. The third-order valence-corrected chi connectivity index (χ3v) is 5.49. The molecule has 5 rings (SSSR count). The second-order valence-electron chi connectivity index (χ2n) is 7.84. The summed E-state index contributed by atoms with van der Waals surface area (Å²) >= 11 is 0. The van der Waals surface area contributed by atoms with E-state index in [0.717, 1.165) is 53.4 Å². The van der Waals surface area contributed by atoms with Crippen molar-refractivity contribution >= 4 is 11.5 Å². The lowest BCUT2D eigenvalue weighted by Crippen LogP contribution is -2.08. The number of hydrogen-bond acceptors (Lipinski definition) is 6. The van der Waals surface area contributed by atoms with Crippen molar-refractivity contribution < 1.29 is 9.13 Å². The highest BCUT2D eigenvalue weighted by molar-refractivity contribution is 5.63.